The molecule has 122 valence electrons. The molecule has 2 nitrogen and oxygen atoms in total. The molecule has 0 saturated heterocycles. The number of aryl methyl sites for hydroxylation is 2. The van der Waals surface area contributed by atoms with Crippen molar-refractivity contribution in [1.29, 1.82) is 0 Å². The summed E-state index contributed by atoms with van der Waals surface area (Å²) < 4.78 is 0. The lowest BCUT2D eigenvalue weighted by molar-refractivity contribution is 0.0622. The number of hydrogen-bond donors (Lipinski definition) is 2. The first-order valence-corrected chi connectivity index (χ1v) is 8.68. The van der Waals surface area contributed by atoms with Crippen LogP contribution in [0.5, 0.6) is 0 Å². The molecule has 1 aliphatic carbocycles. The quantitative estimate of drug-likeness (QED) is 0.837. The second-order valence-electron chi connectivity index (χ2n) is 6.96. The Balaban J connectivity index is 1.56. The molecule has 2 aromatic rings. The third kappa shape index (κ3) is 4.21. The lowest BCUT2D eigenvalue weighted by Crippen LogP contribution is -2.35. The topological polar surface area (TPSA) is 32.3 Å². The van der Waals surface area contributed by atoms with Gasteiger partial charge in [-0.3, -0.25) is 0 Å². The zero-order valence-electron chi connectivity index (χ0n) is 14.2. The van der Waals surface area contributed by atoms with Gasteiger partial charge in [-0.05, 0) is 49.3 Å². The number of rotatable bonds is 6. The summed E-state index contributed by atoms with van der Waals surface area (Å²) in [5.74, 6) is 0.523. The average molecular weight is 309 g/mol. The van der Waals surface area contributed by atoms with Crippen LogP contribution >= 0.6 is 0 Å². The molecule has 0 bridgehead atoms. The Hall–Kier alpha value is -1.64. The minimum absolute atomic E-state index is 0.182. The van der Waals surface area contributed by atoms with E-state index in [1.807, 2.05) is 0 Å². The molecule has 0 spiro atoms. The first-order chi connectivity index (χ1) is 11.1. The van der Waals surface area contributed by atoms with Crippen LogP contribution in [0.4, 0.5) is 0 Å². The molecule has 2 aromatic carbocycles. The Labute approximate surface area is 139 Å². The van der Waals surface area contributed by atoms with Gasteiger partial charge in [-0.1, -0.05) is 60.0 Å². The highest BCUT2D eigenvalue weighted by molar-refractivity contribution is 5.65. The molecule has 23 heavy (non-hydrogen) atoms. The maximum absolute atomic E-state index is 10.0. The molecule has 1 unspecified atom stereocenters. The van der Waals surface area contributed by atoms with Crippen molar-refractivity contribution in [1.82, 2.24) is 5.32 Å². The third-order valence-electron chi connectivity index (χ3n) is 4.89. The fourth-order valence-corrected chi connectivity index (χ4v) is 3.31. The Morgan fingerprint density at radius 3 is 2.22 bits per heavy atom. The Bertz CT molecular complexity index is 623. The van der Waals surface area contributed by atoms with Crippen molar-refractivity contribution < 1.29 is 5.11 Å². The highest BCUT2D eigenvalue weighted by Crippen LogP contribution is 2.29. The van der Waals surface area contributed by atoms with Crippen LogP contribution in [0.1, 0.15) is 36.0 Å². The minimum Gasteiger partial charge on any atom is -0.392 e. The Morgan fingerprint density at radius 1 is 1.00 bits per heavy atom. The molecule has 1 saturated carbocycles. The summed E-state index contributed by atoms with van der Waals surface area (Å²) >= 11 is 0. The molecule has 0 amide bonds. The van der Waals surface area contributed by atoms with Crippen molar-refractivity contribution in [3.05, 3.63) is 59.2 Å². The molecule has 0 aliphatic heterocycles. The molecule has 0 aromatic heterocycles. The molecule has 1 fully saturated rings. The summed E-state index contributed by atoms with van der Waals surface area (Å²) in [6.07, 6.45) is 3.47. The SMILES string of the molecule is Cc1cc(C)cc(-c2ccc(CNCC(O)C3CCC3)cc2)c1. The van der Waals surface area contributed by atoms with E-state index in [1.165, 1.54) is 47.1 Å². The molecule has 1 atom stereocenters. The summed E-state index contributed by atoms with van der Waals surface area (Å²) in [5, 5.41) is 13.4. The molecule has 0 radical (unpaired) electrons. The normalized spacial score (nSPS) is 16.1. The van der Waals surface area contributed by atoms with E-state index in [1.54, 1.807) is 0 Å². The maximum Gasteiger partial charge on any atom is 0.0692 e. The number of aliphatic hydroxyl groups excluding tert-OH is 1. The van der Waals surface area contributed by atoms with Crippen molar-refractivity contribution in [3.63, 3.8) is 0 Å². The number of hydrogen-bond acceptors (Lipinski definition) is 2. The van der Waals surface area contributed by atoms with E-state index >= 15 is 0 Å². The van der Waals surface area contributed by atoms with Gasteiger partial charge >= 0.3 is 0 Å². The summed E-state index contributed by atoms with van der Waals surface area (Å²) in [7, 11) is 0. The van der Waals surface area contributed by atoms with E-state index in [0.29, 0.717) is 12.5 Å². The second-order valence-corrected chi connectivity index (χ2v) is 6.96. The highest BCUT2D eigenvalue weighted by atomic mass is 16.3. The van der Waals surface area contributed by atoms with Gasteiger partial charge in [0.05, 0.1) is 6.10 Å². The van der Waals surface area contributed by atoms with E-state index in [0.717, 1.165) is 6.54 Å². The lowest BCUT2D eigenvalue weighted by atomic mass is 9.81. The van der Waals surface area contributed by atoms with Crippen LogP contribution in [0.3, 0.4) is 0 Å². The van der Waals surface area contributed by atoms with E-state index in [-0.39, 0.29) is 6.10 Å². The molecular formula is C21H27NO. The Kier molecular flexibility index (Phi) is 5.14. The largest absolute Gasteiger partial charge is 0.392 e. The van der Waals surface area contributed by atoms with Crippen molar-refractivity contribution >= 4 is 0 Å². The molecule has 2 heteroatoms. The van der Waals surface area contributed by atoms with E-state index in [9.17, 15) is 5.11 Å². The third-order valence-corrected chi connectivity index (χ3v) is 4.89. The molecule has 1 aliphatic rings. The van der Waals surface area contributed by atoms with Crippen molar-refractivity contribution in [2.45, 2.75) is 45.8 Å². The van der Waals surface area contributed by atoms with Crippen LogP contribution in [0.2, 0.25) is 0 Å². The van der Waals surface area contributed by atoms with Gasteiger partial charge in [0.15, 0.2) is 0 Å². The number of aliphatic hydroxyl groups is 1. The first-order valence-electron chi connectivity index (χ1n) is 8.68. The van der Waals surface area contributed by atoms with Gasteiger partial charge in [-0.15, -0.1) is 0 Å². The van der Waals surface area contributed by atoms with Crippen LogP contribution in [-0.4, -0.2) is 17.8 Å². The lowest BCUT2D eigenvalue weighted by Gasteiger charge is -2.30. The smallest absolute Gasteiger partial charge is 0.0692 e. The van der Waals surface area contributed by atoms with Gasteiger partial charge in [0.1, 0.15) is 0 Å². The maximum atomic E-state index is 10.0. The van der Waals surface area contributed by atoms with Gasteiger partial charge < -0.3 is 10.4 Å². The fourth-order valence-electron chi connectivity index (χ4n) is 3.31. The van der Waals surface area contributed by atoms with Gasteiger partial charge in [0, 0.05) is 13.1 Å². The molecular weight excluding hydrogens is 282 g/mol. The minimum atomic E-state index is -0.182. The van der Waals surface area contributed by atoms with Crippen LogP contribution in [0, 0.1) is 19.8 Å². The van der Waals surface area contributed by atoms with Crippen LogP contribution in [-0.2, 0) is 6.54 Å². The van der Waals surface area contributed by atoms with Gasteiger partial charge in [-0.2, -0.15) is 0 Å². The molecule has 3 rings (SSSR count). The van der Waals surface area contributed by atoms with Crippen LogP contribution in [0.15, 0.2) is 42.5 Å². The summed E-state index contributed by atoms with van der Waals surface area (Å²) in [5.41, 5.74) is 6.41. The van der Waals surface area contributed by atoms with Gasteiger partial charge in [-0.25, -0.2) is 0 Å². The van der Waals surface area contributed by atoms with E-state index in [4.69, 9.17) is 0 Å². The standard InChI is InChI=1S/C21H27NO/c1-15-10-16(2)12-20(11-15)18-8-6-17(7-9-18)13-22-14-21(23)19-4-3-5-19/h6-12,19,21-23H,3-5,13-14H2,1-2H3. The van der Waals surface area contributed by atoms with E-state index in [2.05, 4.69) is 61.6 Å². The zero-order chi connectivity index (χ0) is 16.2. The average Bonchev–Trinajstić information content (AvgIpc) is 2.45. The predicted octanol–water partition coefficient (Wildman–Crippen LogP) is 4.22. The van der Waals surface area contributed by atoms with Crippen molar-refractivity contribution in [2.75, 3.05) is 6.54 Å². The molecule has 2 N–H and O–H groups in total. The highest BCUT2D eigenvalue weighted by Gasteiger charge is 2.24. The van der Waals surface area contributed by atoms with Crippen molar-refractivity contribution in [3.8, 4) is 11.1 Å². The summed E-state index contributed by atoms with van der Waals surface area (Å²) in [6, 6.07) is 15.4. The monoisotopic (exact) mass is 309 g/mol. The zero-order valence-corrected chi connectivity index (χ0v) is 14.2. The Morgan fingerprint density at radius 2 is 1.65 bits per heavy atom. The number of nitrogens with one attached hydrogen (secondary N) is 1. The predicted molar refractivity (Wildman–Crippen MR) is 96.4 cm³/mol. The van der Waals surface area contributed by atoms with Crippen molar-refractivity contribution in [2.24, 2.45) is 5.92 Å². The van der Waals surface area contributed by atoms with Gasteiger partial charge in [0.25, 0.3) is 0 Å². The van der Waals surface area contributed by atoms with Crippen LogP contribution in [0.25, 0.3) is 11.1 Å². The summed E-state index contributed by atoms with van der Waals surface area (Å²) in [4.78, 5) is 0. The molecule has 0 heterocycles. The van der Waals surface area contributed by atoms with Gasteiger partial charge in [0.2, 0.25) is 0 Å². The number of benzene rings is 2. The second kappa shape index (κ2) is 7.29. The summed E-state index contributed by atoms with van der Waals surface area (Å²) in [6.45, 7) is 5.80. The van der Waals surface area contributed by atoms with Crippen LogP contribution < -0.4 is 5.32 Å². The fraction of sp³-hybridized carbons (Fsp3) is 0.429. The first kappa shape index (κ1) is 16.2. The van der Waals surface area contributed by atoms with E-state index < -0.39 is 0 Å².